The molecule has 0 saturated heterocycles. The van der Waals surface area contributed by atoms with Gasteiger partial charge in [0.1, 0.15) is 6.04 Å². The maximum Gasteiger partial charge on any atom is 0.330 e. The van der Waals surface area contributed by atoms with Crippen molar-refractivity contribution in [3.63, 3.8) is 0 Å². The van der Waals surface area contributed by atoms with Crippen LogP contribution < -0.4 is 16.0 Å². The number of hydrogen-bond donors (Lipinski definition) is 3. The zero-order chi connectivity index (χ0) is 35.7. The summed E-state index contributed by atoms with van der Waals surface area (Å²) in [4.78, 5) is 53.5. The molecule has 0 saturated carbocycles. The molecule has 3 unspecified atom stereocenters. The van der Waals surface area contributed by atoms with Gasteiger partial charge in [-0.3, -0.25) is 14.4 Å². The van der Waals surface area contributed by atoms with E-state index in [1.165, 1.54) is 17.4 Å². The predicted octanol–water partition coefficient (Wildman–Crippen LogP) is 5.55. The zero-order valence-corrected chi connectivity index (χ0v) is 30.7. The monoisotopic (exact) mass is 642 g/mol. The van der Waals surface area contributed by atoms with E-state index in [2.05, 4.69) is 43.6 Å². The molecule has 260 valence electrons. The van der Waals surface area contributed by atoms with E-state index in [4.69, 9.17) is 4.74 Å². The average Bonchev–Trinajstić information content (AvgIpc) is 3.00. The molecular weight excluding hydrogens is 580 g/mol. The van der Waals surface area contributed by atoms with Crippen LogP contribution in [-0.2, 0) is 29.3 Å². The minimum Gasteiger partial charge on any atom is -0.463 e. The van der Waals surface area contributed by atoms with E-state index in [0.717, 1.165) is 5.56 Å². The lowest BCUT2D eigenvalue weighted by Crippen LogP contribution is -2.61. The Hall–Kier alpha value is -3.46. The molecule has 0 radical (unpaired) electrons. The first kappa shape index (κ1) is 42.5. The lowest BCUT2D eigenvalue weighted by Gasteiger charge is -2.39. The van der Waals surface area contributed by atoms with Crippen LogP contribution in [0.5, 0.6) is 0 Å². The smallest absolute Gasteiger partial charge is 0.330 e. The Morgan fingerprint density at radius 2 is 1.50 bits per heavy atom. The summed E-state index contributed by atoms with van der Waals surface area (Å²) in [6.07, 6.45) is 6.59. The third-order valence-electron chi connectivity index (χ3n) is 7.90. The van der Waals surface area contributed by atoms with Gasteiger partial charge in [-0.05, 0) is 44.2 Å². The summed E-state index contributed by atoms with van der Waals surface area (Å²) in [6, 6.07) is 8.18. The number of carbonyl (C=O) groups is 4. The summed E-state index contributed by atoms with van der Waals surface area (Å²) >= 11 is 0. The molecule has 4 atom stereocenters. The van der Waals surface area contributed by atoms with Gasteiger partial charge >= 0.3 is 5.97 Å². The van der Waals surface area contributed by atoms with E-state index >= 15 is 0 Å². The maximum atomic E-state index is 13.7. The van der Waals surface area contributed by atoms with E-state index in [0.29, 0.717) is 12.0 Å². The van der Waals surface area contributed by atoms with E-state index in [-0.39, 0.29) is 42.8 Å². The molecule has 0 aliphatic carbocycles. The summed E-state index contributed by atoms with van der Waals surface area (Å²) in [5, 5.41) is 9.16. The van der Waals surface area contributed by atoms with E-state index in [9.17, 15) is 19.2 Å². The molecular formula is C37H62N4O5. The normalized spacial score (nSPS) is 15.1. The van der Waals surface area contributed by atoms with E-state index in [1.54, 1.807) is 40.1 Å². The molecule has 0 aliphatic rings. The minimum absolute atomic E-state index is 0.0423. The molecule has 46 heavy (non-hydrogen) atoms. The second-order valence-electron chi connectivity index (χ2n) is 13.3. The van der Waals surface area contributed by atoms with Crippen molar-refractivity contribution in [2.75, 3.05) is 27.2 Å². The number of rotatable bonds is 15. The Morgan fingerprint density at radius 1 is 0.935 bits per heavy atom. The standard InChI is InChI=1S/C34H54N4O5.C3H8/c1-12-34(9,25-17-15-14-16-18-25)28(35-10)31(41)37-29(33(6,7)8)32(42)38(11)22-21-24(5)30(40)36-26(23(3)4)19-20-27(39)43-13-2;1-3-2/h14-21,23,26,28-29,35H,12-13,22H2,1-11H3,(H,36,40)(H,37,41);3H2,1-2H3/b20-19+,24-21+;/t26?,28-,29?,34?;/m1./s1. The van der Waals surface area contributed by atoms with Crippen molar-refractivity contribution in [2.24, 2.45) is 11.3 Å². The number of nitrogens with one attached hydrogen (secondary N) is 3. The molecule has 3 N–H and O–H groups in total. The van der Waals surface area contributed by atoms with Crippen LogP contribution in [0.4, 0.5) is 0 Å². The van der Waals surface area contributed by atoms with Crippen molar-refractivity contribution in [2.45, 2.75) is 113 Å². The van der Waals surface area contributed by atoms with Crippen molar-refractivity contribution >= 4 is 23.7 Å². The van der Waals surface area contributed by atoms with Gasteiger partial charge in [-0.15, -0.1) is 0 Å². The van der Waals surface area contributed by atoms with Crippen LogP contribution in [0.1, 0.15) is 94.6 Å². The van der Waals surface area contributed by atoms with Gasteiger partial charge in [-0.2, -0.15) is 0 Å². The van der Waals surface area contributed by atoms with Crippen LogP contribution in [0.15, 0.2) is 54.1 Å². The fourth-order valence-electron chi connectivity index (χ4n) is 4.76. The van der Waals surface area contributed by atoms with Crippen LogP contribution in [0.25, 0.3) is 0 Å². The van der Waals surface area contributed by atoms with Crippen LogP contribution in [0.3, 0.4) is 0 Å². The number of esters is 1. The van der Waals surface area contributed by atoms with E-state index < -0.39 is 28.9 Å². The molecule has 0 heterocycles. The quantitative estimate of drug-likeness (QED) is 0.171. The zero-order valence-electron chi connectivity index (χ0n) is 30.7. The molecule has 0 bridgehead atoms. The van der Waals surface area contributed by atoms with Crippen LogP contribution >= 0.6 is 0 Å². The number of amides is 3. The number of hydrogen-bond acceptors (Lipinski definition) is 6. The average molecular weight is 643 g/mol. The third-order valence-corrected chi connectivity index (χ3v) is 7.90. The molecule has 9 nitrogen and oxygen atoms in total. The summed E-state index contributed by atoms with van der Waals surface area (Å²) in [5.41, 5.74) is 0.408. The second kappa shape index (κ2) is 20.6. The van der Waals surface area contributed by atoms with Gasteiger partial charge in [0, 0.05) is 30.7 Å². The van der Waals surface area contributed by atoms with Crippen LogP contribution in [-0.4, -0.2) is 74.0 Å². The number of carbonyl (C=O) groups excluding carboxylic acids is 4. The minimum atomic E-state index is -0.793. The molecule has 0 aliphatic heterocycles. The second-order valence-corrected chi connectivity index (χ2v) is 13.3. The van der Waals surface area contributed by atoms with E-state index in [1.807, 2.05) is 65.0 Å². The Labute approximate surface area is 279 Å². The SMILES string of the molecule is CCC.CCOC(=O)/C=C/C(NC(=O)/C(C)=C/CN(C)C(=O)C(NC(=O)[C@@H](NC)C(C)(CC)c1ccccc1)C(C)(C)C)C(C)C. The third kappa shape index (κ3) is 13.5. The molecule has 1 aromatic rings. The molecule has 3 amide bonds. The Bertz CT molecular complexity index is 1160. The molecule has 9 heteroatoms. The van der Waals surface area contributed by atoms with Crippen molar-refractivity contribution in [1.29, 1.82) is 0 Å². The molecule has 0 aromatic heterocycles. The first-order valence-electron chi connectivity index (χ1n) is 16.6. The highest BCUT2D eigenvalue weighted by atomic mass is 16.5. The van der Waals surface area contributed by atoms with Gasteiger partial charge in [0.25, 0.3) is 0 Å². The topological polar surface area (TPSA) is 117 Å². The maximum absolute atomic E-state index is 13.7. The fourth-order valence-corrected chi connectivity index (χ4v) is 4.76. The summed E-state index contributed by atoms with van der Waals surface area (Å²) < 4.78 is 4.92. The van der Waals surface area contributed by atoms with Crippen molar-refractivity contribution in [3.05, 3.63) is 59.7 Å². The van der Waals surface area contributed by atoms with Crippen molar-refractivity contribution in [3.8, 4) is 0 Å². The number of ether oxygens (including phenoxy) is 1. The fraction of sp³-hybridized carbons (Fsp3) is 0.622. The number of likely N-dealkylation sites (N-methyl/N-ethyl adjacent to an activating group) is 2. The molecule has 0 spiro atoms. The van der Waals surface area contributed by atoms with Gasteiger partial charge < -0.3 is 25.6 Å². The Balaban J connectivity index is 0.00000647. The van der Waals surface area contributed by atoms with Crippen molar-refractivity contribution in [1.82, 2.24) is 20.9 Å². The largest absolute Gasteiger partial charge is 0.463 e. The molecule has 1 aromatic carbocycles. The molecule has 1 rings (SSSR count). The first-order chi connectivity index (χ1) is 21.4. The Kier molecular flexibility index (Phi) is 19.1. The van der Waals surface area contributed by atoms with Gasteiger partial charge in [-0.25, -0.2) is 4.79 Å². The highest BCUT2D eigenvalue weighted by molar-refractivity contribution is 5.94. The highest BCUT2D eigenvalue weighted by Crippen LogP contribution is 2.32. The predicted molar refractivity (Wildman–Crippen MR) is 188 cm³/mol. The summed E-state index contributed by atoms with van der Waals surface area (Å²) in [7, 11) is 3.42. The molecule has 0 fully saturated rings. The van der Waals surface area contributed by atoms with Gasteiger partial charge in [0.2, 0.25) is 17.7 Å². The van der Waals surface area contributed by atoms with Gasteiger partial charge in [-0.1, -0.05) is 111 Å². The highest BCUT2D eigenvalue weighted by Gasteiger charge is 2.42. The summed E-state index contributed by atoms with van der Waals surface area (Å²) in [6.45, 7) is 21.8. The summed E-state index contributed by atoms with van der Waals surface area (Å²) in [5.74, 6) is -1.23. The Morgan fingerprint density at radius 3 is 1.96 bits per heavy atom. The van der Waals surface area contributed by atoms with Crippen molar-refractivity contribution < 1.29 is 23.9 Å². The first-order valence-corrected chi connectivity index (χ1v) is 16.6. The lowest BCUT2D eigenvalue weighted by molar-refractivity contribution is -0.139. The van der Waals surface area contributed by atoms with Gasteiger partial charge in [0.15, 0.2) is 0 Å². The van der Waals surface area contributed by atoms with Crippen LogP contribution in [0, 0.1) is 11.3 Å². The number of nitrogens with zero attached hydrogens (tertiary/aromatic N) is 1. The lowest BCUT2D eigenvalue weighted by atomic mass is 9.73. The van der Waals surface area contributed by atoms with Gasteiger partial charge in [0.05, 0.1) is 18.7 Å². The van der Waals surface area contributed by atoms with Crippen LogP contribution in [0.2, 0.25) is 0 Å². The number of benzene rings is 1.